The molecule has 2 aromatic rings. The highest BCUT2D eigenvalue weighted by Gasteiger charge is 2.41. The van der Waals surface area contributed by atoms with Crippen molar-refractivity contribution in [2.45, 2.75) is 57.9 Å². The van der Waals surface area contributed by atoms with Gasteiger partial charge in [0.25, 0.3) is 0 Å². The molecule has 2 heterocycles. The molecule has 2 fully saturated rings. The van der Waals surface area contributed by atoms with E-state index in [1.165, 1.54) is 18.9 Å². The number of alkyl halides is 6. The summed E-state index contributed by atoms with van der Waals surface area (Å²) in [5.41, 5.74) is -1.38. The van der Waals surface area contributed by atoms with Crippen LogP contribution < -0.4 is 0 Å². The zero-order valence-corrected chi connectivity index (χ0v) is 24.3. The third kappa shape index (κ3) is 7.51. The van der Waals surface area contributed by atoms with E-state index in [0.717, 1.165) is 11.1 Å². The van der Waals surface area contributed by atoms with Crippen molar-refractivity contribution in [3.8, 4) is 0 Å². The summed E-state index contributed by atoms with van der Waals surface area (Å²) in [4.78, 5) is 43.6. The number of piperidine rings is 2. The van der Waals surface area contributed by atoms with Crippen LogP contribution >= 0.6 is 0 Å². The van der Waals surface area contributed by atoms with Gasteiger partial charge in [0.05, 0.1) is 11.1 Å². The number of halogens is 6. The Morgan fingerprint density at radius 3 is 1.95 bits per heavy atom. The average Bonchev–Trinajstić information content (AvgIpc) is 2.95. The van der Waals surface area contributed by atoms with Gasteiger partial charge in [-0.3, -0.25) is 14.4 Å². The van der Waals surface area contributed by atoms with Crippen molar-refractivity contribution in [1.82, 2.24) is 14.7 Å². The van der Waals surface area contributed by atoms with Crippen LogP contribution in [0, 0.1) is 18.8 Å². The minimum absolute atomic E-state index is 0.0336. The second-order valence-corrected chi connectivity index (χ2v) is 11.5. The van der Waals surface area contributed by atoms with Crippen LogP contribution in [-0.2, 0) is 33.3 Å². The normalized spacial score (nSPS) is 20.2. The van der Waals surface area contributed by atoms with Crippen LogP contribution in [0.25, 0.3) is 0 Å². The van der Waals surface area contributed by atoms with Crippen LogP contribution in [0.2, 0.25) is 0 Å². The van der Waals surface area contributed by atoms with Gasteiger partial charge in [-0.15, -0.1) is 0 Å². The van der Waals surface area contributed by atoms with Gasteiger partial charge in [0.1, 0.15) is 0 Å². The van der Waals surface area contributed by atoms with E-state index in [1.54, 1.807) is 9.80 Å². The van der Waals surface area contributed by atoms with Gasteiger partial charge in [0.2, 0.25) is 17.7 Å². The zero-order chi connectivity index (χ0) is 31.7. The lowest BCUT2D eigenvalue weighted by Gasteiger charge is -2.42. The summed E-state index contributed by atoms with van der Waals surface area (Å²) in [7, 11) is 1.37. The lowest BCUT2D eigenvalue weighted by atomic mass is 9.77. The first-order chi connectivity index (χ1) is 20.1. The van der Waals surface area contributed by atoms with Crippen LogP contribution in [0.15, 0.2) is 42.5 Å². The van der Waals surface area contributed by atoms with Gasteiger partial charge in [0.15, 0.2) is 0 Å². The lowest BCUT2D eigenvalue weighted by Crippen LogP contribution is -2.50. The Morgan fingerprint density at radius 2 is 1.42 bits per heavy atom. The molecule has 0 saturated carbocycles. The first-order valence-corrected chi connectivity index (χ1v) is 14.2. The molecule has 234 valence electrons. The SMILES string of the molecule is CC(=O)N1CCC(C(=O)N2CCC(C(=O)N(C)Cc3cc(C(F)(F)F)cc(C(F)(F)F)c3)C(c3ccccc3C)C2)CC1. The molecule has 12 heteroatoms. The van der Waals surface area contributed by atoms with Crippen molar-refractivity contribution < 1.29 is 40.7 Å². The molecule has 2 aliphatic rings. The topological polar surface area (TPSA) is 60.9 Å². The van der Waals surface area contributed by atoms with Gasteiger partial charge in [-0.1, -0.05) is 24.3 Å². The lowest BCUT2D eigenvalue weighted by molar-refractivity contribution is -0.145. The van der Waals surface area contributed by atoms with E-state index in [9.17, 15) is 40.7 Å². The third-order valence-electron chi connectivity index (χ3n) is 8.56. The number of rotatable bonds is 5. The number of hydrogen-bond acceptors (Lipinski definition) is 3. The molecule has 2 saturated heterocycles. The smallest absolute Gasteiger partial charge is 0.343 e. The average molecular weight is 612 g/mol. The maximum absolute atomic E-state index is 13.8. The number of carbonyl (C=O) groups is 3. The molecule has 0 N–H and O–H groups in total. The predicted octanol–water partition coefficient (Wildman–Crippen LogP) is 5.88. The molecule has 0 aromatic heterocycles. The first kappa shape index (κ1) is 32.3. The van der Waals surface area contributed by atoms with Crippen molar-refractivity contribution >= 4 is 17.7 Å². The summed E-state index contributed by atoms with van der Waals surface area (Å²) >= 11 is 0. The van der Waals surface area contributed by atoms with Gasteiger partial charge < -0.3 is 14.7 Å². The molecule has 43 heavy (non-hydrogen) atoms. The summed E-state index contributed by atoms with van der Waals surface area (Å²) in [5, 5.41) is 0. The fraction of sp³-hybridized carbons (Fsp3) is 0.516. The van der Waals surface area contributed by atoms with Crippen LogP contribution in [0.3, 0.4) is 0 Å². The Kier molecular flexibility index (Phi) is 9.46. The van der Waals surface area contributed by atoms with Crippen molar-refractivity contribution in [3.05, 3.63) is 70.3 Å². The zero-order valence-electron chi connectivity index (χ0n) is 24.3. The summed E-state index contributed by atoms with van der Waals surface area (Å²) in [6, 6.07) is 8.78. The molecule has 4 rings (SSSR count). The van der Waals surface area contributed by atoms with Crippen molar-refractivity contribution in [2.24, 2.45) is 11.8 Å². The molecule has 3 amide bonds. The number of hydrogen-bond donors (Lipinski definition) is 0. The fourth-order valence-corrected chi connectivity index (χ4v) is 6.21. The monoisotopic (exact) mass is 611 g/mol. The van der Waals surface area contributed by atoms with Crippen LogP contribution in [0.1, 0.15) is 59.9 Å². The highest BCUT2D eigenvalue weighted by atomic mass is 19.4. The minimum atomic E-state index is -4.99. The Hall–Kier alpha value is -3.57. The molecule has 2 aromatic carbocycles. The van der Waals surface area contributed by atoms with E-state index >= 15 is 0 Å². The molecule has 2 atom stereocenters. The van der Waals surface area contributed by atoms with Gasteiger partial charge in [0, 0.05) is 64.4 Å². The first-order valence-electron chi connectivity index (χ1n) is 14.2. The summed E-state index contributed by atoms with van der Waals surface area (Å²) in [5.74, 6) is -1.78. The Labute approximate surface area is 246 Å². The Bertz CT molecular complexity index is 1320. The largest absolute Gasteiger partial charge is 0.416 e. The van der Waals surface area contributed by atoms with Gasteiger partial charge >= 0.3 is 12.4 Å². The minimum Gasteiger partial charge on any atom is -0.343 e. The number of likely N-dealkylation sites (tertiary alicyclic amines) is 2. The van der Waals surface area contributed by atoms with Crippen molar-refractivity contribution in [3.63, 3.8) is 0 Å². The maximum atomic E-state index is 13.8. The number of aryl methyl sites for hydroxylation is 1. The van der Waals surface area contributed by atoms with E-state index in [1.807, 2.05) is 31.2 Å². The number of carbonyl (C=O) groups excluding carboxylic acids is 3. The molecule has 2 aliphatic heterocycles. The van der Waals surface area contributed by atoms with E-state index < -0.39 is 47.8 Å². The third-order valence-corrected chi connectivity index (χ3v) is 8.56. The Morgan fingerprint density at radius 1 is 0.860 bits per heavy atom. The van der Waals surface area contributed by atoms with Crippen molar-refractivity contribution in [1.29, 1.82) is 0 Å². The van der Waals surface area contributed by atoms with Crippen molar-refractivity contribution in [2.75, 3.05) is 33.2 Å². The molecular weight excluding hydrogens is 576 g/mol. The van der Waals surface area contributed by atoms with Gasteiger partial charge in [-0.2, -0.15) is 26.3 Å². The van der Waals surface area contributed by atoms with E-state index in [4.69, 9.17) is 0 Å². The molecule has 2 unspecified atom stereocenters. The highest BCUT2D eigenvalue weighted by Crippen LogP contribution is 2.39. The molecule has 6 nitrogen and oxygen atoms in total. The molecular formula is C31H35F6N3O3. The molecule has 0 bridgehead atoms. The second-order valence-electron chi connectivity index (χ2n) is 11.5. The summed E-state index contributed by atoms with van der Waals surface area (Å²) < 4.78 is 80.4. The predicted molar refractivity (Wildman–Crippen MR) is 147 cm³/mol. The van der Waals surface area contributed by atoms with Crippen LogP contribution in [0.5, 0.6) is 0 Å². The maximum Gasteiger partial charge on any atom is 0.416 e. The van der Waals surface area contributed by atoms with Gasteiger partial charge in [-0.25, -0.2) is 0 Å². The molecule has 0 radical (unpaired) electrons. The van der Waals surface area contributed by atoms with Gasteiger partial charge in [-0.05, 0) is 61.1 Å². The Balaban J connectivity index is 1.56. The standard InChI is InChI=1S/C31H35F6N3O3/c1-19-6-4-5-7-25(19)27-18-40(28(42)22-8-11-39(12-9-22)20(2)41)13-10-26(27)29(43)38(3)17-21-14-23(30(32,33)34)16-24(15-21)31(35,36)37/h4-7,14-16,22,26-27H,8-13,17-18H2,1-3H3. The fourth-order valence-electron chi connectivity index (χ4n) is 6.21. The number of nitrogens with zero attached hydrogens (tertiary/aromatic N) is 3. The molecule has 0 spiro atoms. The second kappa shape index (κ2) is 12.6. The van der Waals surface area contributed by atoms with E-state index in [-0.39, 0.29) is 42.3 Å². The number of amides is 3. The summed E-state index contributed by atoms with van der Waals surface area (Å²) in [6.45, 7) is 4.48. The highest BCUT2D eigenvalue weighted by molar-refractivity contribution is 5.82. The quantitative estimate of drug-likeness (QED) is 0.397. The molecule has 0 aliphatic carbocycles. The van der Waals surface area contributed by atoms with E-state index in [2.05, 4.69) is 0 Å². The summed E-state index contributed by atoms with van der Waals surface area (Å²) in [6.07, 6.45) is -8.60. The van der Waals surface area contributed by atoms with Crippen LogP contribution in [-0.4, -0.2) is 65.6 Å². The van der Waals surface area contributed by atoms with Crippen LogP contribution in [0.4, 0.5) is 26.3 Å². The van der Waals surface area contributed by atoms with E-state index in [0.29, 0.717) is 44.6 Å². The number of benzene rings is 2.